The van der Waals surface area contributed by atoms with Crippen LogP contribution in [-0.2, 0) is 16.5 Å². The molecule has 2 atom stereocenters. The van der Waals surface area contributed by atoms with E-state index in [9.17, 15) is 0 Å². The first kappa shape index (κ1) is 25.9. The molecule has 6 heteroatoms. The molecular formula is C29H31Cl3N2O. The van der Waals surface area contributed by atoms with E-state index in [2.05, 4.69) is 39.9 Å². The lowest BCUT2D eigenvalue weighted by Gasteiger charge is -2.40. The van der Waals surface area contributed by atoms with Crippen molar-refractivity contribution in [3.63, 3.8) is 0 Å². The van der Waals surface area contributed by atoms with Gasteiger partial charge in [0.2, 0.25) is 0 Å². The van der Waals surface area contributed by atoms with E-state index in [1.165, 1.54) is 0 Å². The third-order valence-corrected chi connectivity index (χ3v) is 7.75. The molecule has 0 fully saturated rings. The Labute approximate surface area is 223 Å². The van der Waals surface area contributed by atoms with Crippen LogP contribution in [0.5, 0.6) is 5.75 Å². The summed E-state index contributed by atoms with van der Waals surface area (Å²) >= 11 is 19.3. The van der Waals surface area contributed by atoms with Gasteiger partial charge in [0.05, 0.1) is 17.7 Å². The van der Waals surface area contributed by atoms with Crippen molar-refractivity contribution in [2.24, 2.45) is 4.99 Å². The largest absolute Gasteiger partial charge is 0.493 e. The van der Waals surface area contributed by atoms with Crippen LogP contribution in [0.2, 0.25) is 15.1 Å². The van der Waals surface area contributed by atoms with E-state index < -0.39 is 11.1 Å². The second kappa shape index (κ2) is 9.35. The fourth-order valence-corrected chi connectivity index (χ4v) is 5.40. The van der Waals surface area contributed by atoms with Crippen LogP contribution in [0.1, 0.15) is 63.8 Å². The minimum atomic E-state index is -0.653. The Balaban J connectivity index is 1.93. The van der Waals surface area contributed by atoms with Crippen molar-refractivity contribution >= 4 is 40.6 Å². The minimum Gasteiger partial charge on any atom is -0.493 e. The lowest BCUT2D eigenvalue weighted by molar-refractivity contribution is 0.268. The lowest BCUT2D eigenvalue weighted by Crippen LogP contribution is -2.50. The van der Waals surface area contributed by atoms with Gasteiger partial charge in [-0.05, 0) is 79.3 Å². The average Bonchev–Trinajstić information content (AvgIpc) is 3.07. The normalized spacial score (nSPS) is 22.0. The van der Waals surface area contributed by atoms with E-state index in [4.69, 9.17) is 44.5 Å². The lowest BCUT2D eigenvalue weighted by atomic mass is 9.72. The SMILES string of the molecule is CCOc1cc(C(C)(C)C)c(Cl)cc1C1=N[C@@](C)(c2ccc(Cl)cc2)C(C)(c2ccc(Cl)cc2)N1. The number of rotatable bonds is 5. The van der Waals surface area contributed by atoms with Gasteiger partial charge in [-0.1, -0.05) is 79.8 Å². The fraction of sp³-hybridized carbons (Fsp3) is 0.345. The van der Waals surface area contributed by atoms with Gasteiger partial charge >= 0.3 is 0 Å². The molecule has 0 radical (unpaired) electrons. The minimum absolute atomic E-state index is 0.123. The highest BCUT2D eigenvalue weighted by atomic mass is 35.5. The second-order valence-electron chi connectivity index (χ2n) is 10.3. The first-order valence-electron chi connectivity index (χ1n) is 11.8. The van der Waals surface area contributed by atoms with E-state index in [1.54, 1.807) is 0 Å². The molecule has 0 aromatic heterocycles. The van der Waals surface area contributed by atoms with Crippen molar-refractivity contribution in [1.82, 2.24) is 5.32 Å². The van der Waals surface area contributed by atoms with Crippen LogP contribution in [0.15, 0.2) is 65.7 Å². The molecule has 1 unspecified atom stereocenters. The summed E-state index contributed by atoms with van der Waals surface area (Å²) in [7, 11) is 0. The maximum atomic E-state index is 6.81. The molecule has 3 nitrogen and oxygen atoms in total. The van der Waals surface area contributed by atoms with Gasteiger partial charge in [-0.15, -0.1) is 0 Å². The Morgan fingerprint density at radius 2 is 1.40 bits per heavy atom. The number of nitrogens with one attached hydrogen (secondary N) is 1. The van der Waals surface area contributed by atoms with Crippen molar-refractivity contribution in [1.29, 1.82) is 0 Å². The molecule has 3 aromatic carbocycles. The van der Waals surface area contributed by atoms with Crippen LogP contribution in [0.3, 0.4) is 0 Å². The van der Waals surface area contributed by atoms with Crippen LogP contribution < -0.4 is 10.1 Å². The number of benzene rings is 3. The number of aliphatic imine (C=N–C) groups is 1. The van der Waals surface area contributed by atoms with Gasteiger partial charge in [-0.25, -0.2) is 0 Å². The molecule has 1 aliphatic rings. The van der Waals surface area contributed by atoms with E-state index >= 15 is 0 Å². The maximum absolute atomic E-state index is 6.81. The van der Waals surface area contributed by atoms with Crippen molar-refractivity contribution < 1.29 is 4.74 Å². The molecule has 0 spiro atoms. The molecule has 1 heterocycles. The first-order valence-corrected chi connectivity index (χ1v) is 12.9. The third kappa shape index (κ3) is 4.67. The van der Waals surface area contributed by atoms with Gasteiger partial charge in [0.15, 0.2) is 0 Å². The molecule has 0 amide bonds. The highest BCUT2D eigenvalue weighted by molar-refractivity contribution is 6.32. The Morgan fingerprint density at radius 1 is 0.857 bits per heavy atom. The second-order valence-corrected chi connectivity index (χ2v) is 11.6. The monoisotopic (exact) mass is 528 g/mol. The Kier molecular flexibility index (Phi) is 6.91. The number of amidine groups is 1. The van der Waals surface area contributed by atoms with E-state index in [0.29, 0.717) is 21.7 Å². The Bertz CT molecular complexity index is 1260. The zero-order valence-electron chi connectivity index (χ0n) is 21.0. The zero-order chi connectivity index (χ0) is 25.6. The molecule has 0 bridgehead atoms. The summed E-state index contributed by atoms with van der Waals surface area (Å²) in [5, 5.41) is 5.80. The number of ether oxygens (including phenoxy) is 1. The number of hydrogen-bond acceptors (Lipinski definition) is 3. The van der Waals surface area contributed by atoms with Crippen LogP contribution in [0.25, 0.3) is 0 Å². The summed E-state index contributed by atoms with van der Waals surface area (Å²) in [5.74, 6) is 1.48. The van der Waals surface area contributed by atoms with Crippen LogP contribution in [0, 0.1) is 0 Å². The molecule has 1 aliphatic heterocycles. The smallest absolute Gasteiger partial charge is 0.133 e. The van der Waals surface area contributed by atoms with Crippen LogP contribution in [-0.4, -0.2) is 12.4 Å². The van der Waals surface area contributed by atoms with Crippen molar-refractivity contribution in [3.8, 4) is 5.75 Å². The summed E-state index contributed by atoms with van der Waals surface area (Å²) in [6.07, 6.45) is 0. The van der Waals surface area contributed by atoms with Crippen molar-refractivity contribution in [2.45, 2.75) is 58.0 Å². The molecule has 184 valence electrons. The highest BCUT2D eigenvalue weighted by Gasteiger charge is 2.52. The third-order valence-electron chi connectivity index (χ3n) is 6.94. The van der Waals surface area contributed by atoms with Crippen LogP contribution in [0.4, 0.5) is 0 Å². The predicted octanol–water partition coefficient (Wildman–Crippen LogP) is 8.52. The molecule has 35 heavy (non-hydrogen) atoms. The van der Waals surface area contributed by atoms with Gasteiger partial charge < -0.3 is 10.1 Å². The molecule has 0 aliphatic carbocycles. The first-order chi connectivity index (χ1) is 16.4. The number of nitrogens with zero attached hydrogens (tertiary/aromatic N) is 1. The van der Waals surface area contributed by atoms with Gasteiger partial charge in [0.1, 0.15) is 17.1 Å². The molecular weight excluding hydrogens is 499 g/mol. The van der Waals surface area contributed by atoms with Crippen LogP contribution >= 0.6 is 34.8 Å². The summed E-state index contributed by atoms with van der Waals surface area (Å²) in [4.78, 5) is 5.31. The molecule has 0 saturated carbocycles. The number of hydrogen-bond donors (Lipinski definition) is 1. The molecule has 4 rings (SSSR count). The number of halogens is 3. The fourth-order valence-electron chi connectivity index (χ4n) is 4.70. The standard InChI is InChI=1S/C29H31Cl3N2O/c1-7-35-25-17-23(27(2,3)4)24(32)16-22(25)26-33-28(5,18-8-12-20(30)13-9-18)29(6,34-26)19-10-14-21(31)15-11-19/h8-17H,7H2,1-6H3,(H,33,34)/t28-,29?/m0/s1. The summed E-state index contributed by atoms with van der Waals surface area (Å²) in [6, 6.07) is 19.8. The topological polar surface area (TPSA) is 33.6 Å². The van der Waals surface area contributed by atoms with E-state index in [0.717, 1.165) is 33.8 Å². The van der Waals surface area contributed by atoms with Crippen molar-refractivity contribution in [3.05, 3.63) is 98.0 Å². The van der Waals surface area contributed by atoms with Gasteiger partial charge in [-0.2, -0.15) is 0 Å². The van der Waals surface area contributed by atoms with Gasteiger partial charge in [0.25, 0.3) is 0 Å². The quantitative estimate of drug-likeness (QED) is 0.359. The summed E-state index contributed by atoms with van der Waals surface area (Å²) < 4.78 is 6.11. The van der Waals surface area contributed by atoms with E-state index in [1.807, 2.05) is 67.6 Å². The van der Waals surface area contributed by atoms with Gasteiger partial charge in [0, 0.05) is 15.1 Å². The molecule has 3 aromatic rings. The molecule has 0 saturated heterocycles. The Hall–Kier alpha value is -2.20. The maximum Gasteiger partial charge on any atom is 0.133 e. The molecule has 1 N–H and O–H groups in total. The predicted molar refractivity (Wildman–Crippen MR) is 149 cm³/mol. The Morgan fingerprint density at radius 3 is 1.91 bits per heavy atom. The van der Waals surface area contributed by atoms with Crippen molar-refractivity contribution in [2.75, 3.05) is 6.61 Å². The zero-order valence-corrected chi connectivity index (χ0v) is 23.2. The van der Waals surface area contributed by atoms with E-state index in [-0.39, 0.29) is 5.41 Å². The highest BCUT2D eigenvalue weighted by Crippen LogP contribution is 2.48. The van der Waals surface area contributed by atoms with Gasteiger partial charge in [-0.3, -0.25) is 4.99 Å². The average molecular weight is 530 g/mol. The summed E-state index contributed by atoms with van der Waals surface area (Å²) in [6.45, 7) is 13.2. The summed E-state index contributed by atoms with van der Waals surface area (Å²) in [5.41, 5.74) is 2.61.